The van der Waals surface area contributed by atoms with E-state index in [0.29, 0.717) is 17.3 Å². The van der Waals surface area contributed by atoms with Gasteiger partial charge in [0, 0.05) is 28.9 Å². The number of amides is 2. The van der Waals surface area contributed by atoms with Crippen LogP contribution in [0.4, 0.5) is 11.4 Å². The Morgan fingerprint density at radius 3 is 2.48 bits per heavy atom. The largest absolute Gasteiger partial charge is 0.376 e. The first-order chi connectivity index (χ1) is 12.0. The highest BCUT2D eigenvalue weighted by atomic mass is 35.5. The van der Waals surface area contributed by atoms with Gasteiger partial charge in [-0.1, -0.05) is 49.7 Å². The fourth-order valence-electron chi connectivity index (χ4n) is 2.07. The standard InChI is InChI=1S/C19H22ClN3O2/c1-13(2)19(25)23-16-8-5-7-15(10-16)21-12-18(24)22-11-14-6-3-4-9-17(14)20/h3-10,13,21H,11-12H2,1-2H3,(H,22,24)(H,23,25). The molecule has 0 spiro atoms. The van der Waals surface area contributed by atoms with E-state index in [1.54, 1.807) is 12.1 Å². The summed E-state index contributed by atoms with van der Waals surface area (Å²) in [6, 6.07) is 14.6. The quantitative estimate of drug-likeness (QED) is 0.706. The zero-order valence-electron chi connectivity index (χ0n) is 14.3. The summed E-state index contributed by atoms with van der Waals surface area (Å²) in [7, 11) is 0. The van der Waals surface area contributed by atoms with E-state index in [-0.39, 0.29) is 24.3 Å². The van der Waals surface area contributed by atoms with Crippen molar-refractivity contribution in [1.82, 2.24) is 5.32 Å². The lowest BCUT2D eigenvalue weighted by Crippen LogP contribution is -2.29. The van der Waals surface area contributed by atoms with Gasteiger partial charge in [-0.15, -0.1) is 0 Å². The number of carbonyl (C=O) groups is 2. The molecule has 132 valence electrons. The van der Waals surface area contributed by atoms with Crippen LogP contribution in [0.15, 0.2) is 48.5 Å². The first-order valence-electron chi connectivity index (χ1n) is 8.10. The molecule has 6 heteroatoms. The molecule has 0 fully saturated rings. The molecule has 0 unspecified atom stereocenters. The predicted molar refractivity (Wildman–Crippen MR) is 102 cm³/mol. The van der Waals surface area contributed by atoms with E-state index in [0.717, 1.165) is 11.3 Å². The molecule has 0 saturated carbocycles. The van der Waals surface area contributed by atoms with Crippen molar-refractivity contribution in [1.29, 1.82) is 0 Å². The number of hydrogen-bond acceptors (Lipinski definition) is 3. The van der Waals surface area contributed by atoms with E-state index in [1.807, 2.05) is 50.2 Å². The molecule has 2 aromatic carbocycles. The molecule has 2 rings (SSSR count). The Kier molecular flexibility index (Phi) is 6.83. The van der Waals surface area contributed by atoms with Crippen molar-refractivity contribution in [2.24, 2.45) is 5.92 Å². The molecule has 0 aliphatic carbocycles. The Labute approximate surface area is 152 Å². The van der Waals surface area contributed by atoms with Gasteiger partial charge in [0.15, 0.2) is 0 Å². The lowest BCUT2D eigenvalue weighted by Gasteiger charge is -2.11. The van der Waals surface area contributed by atoms with Crippen molar-refractivity contribution < 1.29 is 9.59 Å². The zero-order valence-corrected chi connectivity index (χ0v) is 15.1. The minimum atomic E-state index is -0.142. The van der Waals surface area contributed by atoms with Crippen molar-refractivity contribution in [2.45, 2.75) is 20.4 Å². The Morgan fingerprint density at radius 1 is 1.04 bits per heavy atom. The van der Waals surface area contributed by atoms with Crippen LogP contribution >= 0.6 is 11.6 Å². The molecule has 0 radical (unpaired) electrons. The topological polar surface area (TPSA) is 70.2 Å². The van der Waals surface area contributed by atoms with Gasteiger partial charge in [-0.2, -0.15) is 0 Å². The average Bonchev–Trinajstić information content (AvgIpc) is 2.59. The average molecular weight is 360 g/mol. The van der Waals surface area contributed by atoms with Crippen molar-refractivity contribution in [3.63, 3.8) is 0 Å². The zero-order chi connectivity index (χ0) is 18.2. The number of benzene rings is 2. The molecule has 0 aliphatic heterocycles. The fraction of sp³-hybridized carbons (Fsp3) is 0.263. The maximum atomic E-state index is 12.0. The van der Waals surface area contributed by atoms with Crippen molar-refractivity contribution >= 4 is 34.8 Å². The lowest BCUT2D eigenvalue weighted by molar-refractivity contribution is -0.120. The fourth-order valence-corrected chi connectivity index (χ4v) is 2.28. The van der Waals surface area contributed by atoms with Crippen LogP contribution in [0.2, 0.25) is 5.02 Å². The highest BCUT2D eigenvalue weighted by Crippen LogP contribution is 2.16. The van der Waals surface area contributed by atoms with Crippen LogP contribution in [0.1, 0.15) is 19.4 Å². The minimum Gasteiger partial charge on any atom is -0.376 e. The third-order valence-electron chi connectivity index (χ3n) is 3.54. The molecule has 0 atom stereocenters. The van der Waals surface area contributed by atoms with Gasteiger partial charge in [-0.3, -0.25) is 9.59 Å². The van der Waals surface area contributed by atoms with Gasteiger partial charge in [-0.05, 0) is 29.8 Å². The van der Waals surface area contributed by atoms with Crippen LogP contribution in [0.3, 0.4) is 0 Å². The molecular formula is C19H22ClN3O2. The second-order valence-electron chi connectivity index (χ2n) is 5.95. The molecule has 0 aromatic heterocycles. The Hall–Kier alpha value is -2.53. The van der Waals surface area contributed by atoms with Crippen molar-refractivity contribution in [2.75, 3.05) is 17.2 Å². The first kappa shape index (κ1) is 18.8. The molecule has 25 heavy (non-hydrogen) atoms. The molecule has 5 nitrogen and oxygen atoms in total. The summed E-state index contributed by atoms with van der Waals surface area (Å²) in [4.78, 5) is 23.7. The maximum absolute atomic E-state index is 12.0. The summed E-state index contributed by atoms with van der Waals surface area (Å²) in [5, 5.41) is 9.32. The van der Waals surface area contributed by atoms with E-state index in [1.165, 1.54) is 0 Å². The van der Waals surface area contributed by atoms with E-state index in [9.17, 15) is 9.59 Å². The summed E-state index contributed by atoms with van der Waals surface area (Å²) in [6.07, 6.45) is 0. The summed E-state index contributed by atoms with van der Waals surface area (Å²) in [6.45, 7) is 4.18. The van der Waals surface area contributed by atoms with Gasteiger partial charge in [0.2, 0.25) is 11.8 Å². The smallest absolute Gasteiger partial charge is 0.239 e. The SMILES string of the molecule is CC(C)C(=O)Nc1cccc(NCC(=O)NCc2ccccc2Cl)c1. The van der Waals surface area contributed by atoms with E-state index in [2.05, 4.69) is 16.0 Å². The van der Waals surface area contributed by atoms with Gasteiger partial charge in [0.25, 0.3) is 0 Å². The van der Waals surface area contributed by atoms with Crippen LogP contribution in [-0.2, 0) is 16.1 Å². The summed E-state index contributed by atoms with van der Waals surface area (Å²) >= 11 is 6.06. The van der Waals surface area contributed by atoms with Crippen molar-refractivity contribution in [3.05, 3.63) is 59.1 Å². The second kappa shape index (κ2) is 9.08. The molecule has 0 bridgehead atoms. The van der Waals surface area contributed by atoms with Crippen LogP contribution in [0.25, 0.3) is 0 Å². The van der Waals surface area contributed by atoms with Gasteiger partial charge < -0.3 is 16.0 Å². The van der Waals surface area contributed by atoms with Crippen LogP contribution in [-0.4, -0.2) is 18.4 Å². The number of hydrogen-bond donors (Lipinski definition) is 3. The minimum absolute atomic E-state index is 0.0466. The predicted octanol–water partition coefficient (Wildman–Crippen LogP) is 3.66. The number of halogens is 1. The van der Waals surface area contributed by atoms with E-state index >= 15 is 0 Å². The molecule has 3 N–H and O–H groups in total. The third kappa shape index (κ3) is 6.12. The molecule has 0 aliphatic rings. The number of carbonyl (C=O) groups excluding carboxylic acids is 2. The molecule has 0 heterocycles. The van der Waals surface area contributed by atoms with Gasteiger partial charge >= 0.3 is 0 Å². The Balaban J connectivity index is 1.83. The summed E-state index contributed by atoms with van der Waals surface area (Å²) < 4.78 is 0. The highest BCUT2D eigenvalue weighted by molar-refractivity contribution is 6.31. The first-order valence-corrected chi connectivity index (χ1v) is 8.48. The number of anilines is 2. The van der Waals surface area contributed by atoms with Gasteiger partial charge in [-0.25, -0.2) is 0 Å². The molecule has 2 aromatic rings. The monoisotopic (exact) mass is 359 g/mol. The number of nitrogens with one attached hydrogen (secondary N) is 3. The highest BCUT2D eigenvalue weighted by Gasteiger charge is 2.08. The van der Waals surface area contributed by atoms with Crippen LogP contribution in [0, 0.1) is 5.92 Å². The van der Waals surface area contributed by atoms with Crippen LogP contribution < -0.4 is 16.0 Å². The normalized spacial score (nSPS) is 10.4. The van der Waals surface area contributed by atoms with Gasteiger partial charge in [0.05, 0.1) is 6.54 Å². The van der Waals surface area contributed by atoms with E-state index in [4.69, 9.17) is 11.6 Å². The second-order valence-corrected chi connectivity index (χ2v) is 6.35. The number of rotatable bonds is 7. The Morgan fingerprint density at radius 2 is 1.76 bits per heavy atom. The Bertz CT molecular complexity index is 747. The lowest BCUT2D eigenvalue weighted by atomic mass is 10.2. The molecule has 0 saturated heterocycles. The summed E-state index contributed by atoms with van der Waals surface area (Å²) in [5.74, 6) is -0.279. The summed E-state index contributed by atoms with van der Waals surface area (Å²) in [5.41, 5.74) is 2.32. The van der Waals surface area contributed by atoms with Gasteiger partial charge in [0.1, 0.15) is 0 Å². The molecule has 2 amide bonds. The van der Waals surface area contributed by atoms with Crippen molar-refractivity contribution in [3.8, 4) is 0 Å². The third-order valence-corrected chi connectivity index (χ3v) is 3.91. The molecular weight excluding hydrogens is 338 g/mol. The van der Waals surface area contributed by atoms with Crippen LogP contribution in [0.5, 0.6) is 0 Å². The maximum Gasteiger partial charge on any atom is 0.239 e. The van der Waals surface area contributed by atoms with E-state index < -0.39 is 0 Å².